The molecule has 0 fully saturated rings. The summed E-state index contributed by atoms with van der Waals surface area (Å²) in [5, 5.41) is 2.94. The van der Waals surface area contributed by atoms with Gasteiger partial charge in [0.05, 0.1) is 19.8 Å². The molecule has 0 saturated heterocycles. The molecule has 8 nitrogen and oxygen atoms in total. The molecule has 0 bridgehead atoms. The Morgan fingerprint density at radius 2 is 1.54 bits per heavy atom. The molecule has 4 rings (SSSR count). The minimum atomic E-state index is -0.320. The fourth-order valence-electron chi connectivity index (χ4n) is 4.04. The summed E-state index contributed by atoms with van der Waals surface area (Å²) in [7, 11) is 0. The number of nitrogens with one attached hydrogen (secondary N) is 1. The average Bonchev–Trinajstić information content (AvgIpc) is 3.29. The summed E-state index contributed by atoms with van der Waals surface area (Å²) in [5.74, 6) is 0.973. The van der Waals surface area contributed by atoms with Crippen molar-refractivity contribution in [1.82, 2.24) is 4.98 Å². The Morgan fingerprint density at radius 3 is 2.17 bits per heavy atom. The summed E-state index contributed by atoms with van der Waals surface area (Å²) in [6.07, 6.45) is 3.96. The first-order valence-corrected chi connectivity index (χ1v) is 11.8. The van der Waals surface area contributed by atoms with Crippen LogP contribution in [-0.2, 0) is 6.42 Å². The third-order valence-electron chi connectivity index (χ3n) is 5.58. The quantitative estimate of drug-likeness (QED) is 0.481. The van der Waals surface area contributed by atoms with Gasteiger partial charge in [0.25, 0.3) is 11.8 Å². The molecule has 0 spiro atoms. The highest BCUT2D eigenvalue weighted by atomic mass is 16.5. The molecule has 0 aliphatic carbocycles. The smallest absolute Gasteiger partial charge is 0.258 e. The maximum Gasteiger partial charge on any atom is 0.258 e. The fraction of sp³-hybridized carbons (Fsp3) is 0.296. The second kappa shape index (κ2) is 10.9. The van der Waals surface area contributed by atoms with Gasteiger partial charge in [0, 0.05) is 41.4 Å². The van der Waals surface area contributed by atoms with Crippen LogP contribution in [0.2, 0.25) is 0 Å². The molecule has 3 aromatic rings. The first kappa shape index (κ1) is 24.1. The number of amides is 2. The highest BCUT2D eigenvalue weighted by Gasteiger charge is 2.26. The van der Waals surface area contributed by atoms with Crippen molar-refractivity contribution in [3.8, 4) is 17.2 Å². The number of carbonyl (C=O) groups excluding carboxylic acids is 2. The van der Waals surface area contributed by atoms with E-state index in [9.17, 15) is 9.59 Å². The lowest BCUT2D eigenvalue weighted by Crippen LogP contribution is -2.28. The van der Waals surface area contributed by atoms with Crippen LogP contribution in [0.3, 0.4) is 0 Å². The van der Waals surface area contributed by atoms with Gasteiger partial charge in [-0.1, -0.05) is 6.07 Å². The Bertz CT molecular complexity index is 1190. The maximum atomic E-state index is 13.2. The van der Waals surface area contributed by atoms with Crippen LogP contribution < -0.4 is 24.4 Å². The molecule has 8 heteroatoms. The predicted octanol–water partition coefficient (Wildman–Crippen LogP) is 4.73. The first-order chi connectivity index (χ1) is 17.0. The van der Waals surface area contributed by atoms with Crippen molar-refractivity contribution < 1.29 is 23.8 Å². The minimum absolute atomic E-state index is 0.0937. The van der Waals surface area contributed by atoms with Crippen LogP contribution in [0.1, 0.15) is 47.1 Å². The van der Waals surface area contributed by atoms with E-state index in [1.54, 1.807) is 41.6 Å². The molecule has 0 unspecified atom stereocenters. The van der Waals surface area contributed by atoms with E-state index in [-0.39, 0.29) is 11.8 Å². The molecule has 1 N–H and O–H groups in total. The summed E-state index contributed by atoms with van der Waals surface area (Å²) in [5.41, 5.74) is 3.40. The van der Waals surface area contributed by atoms with E-state index in [0.29, 0.717) is 60.4 Å². The summed E-state index contributed by atoms with van der Waals surface area (Å²) >= 11 is 0. The zero-order valence-corrected chi connectivity index (χ0v) is 20.2. The molecular weight excluding hydrogens is 446 g/mol. The number of anilines is 2. The third-order valence-corrected chi connectivity index (χ3v) is 5.58. The SMILES string of the molecule is CCOc1cc(C(=O)Nc2ccc3c(c2)N(C(=O)c2ccncc2)CC3)cc(OCC)c1OCC. The van der Waals surface area contributed by atoms with E-state index in [2.05, 4.69) is 10.3 Å². The standard InChI is InChI=1S/C27H29N3O5/c1-4-33-23-15-20(16-24(34-5-2)25(23)35-6-3)26(31)29-21-8-7-18-11-14-30(22(18)17-21)27(32)19-9-12-28-13-10-19/h7-10,12-13,15-17H,4-6,11,14H2,1-3H3,(H,29,31). The third kappa shape index (κ3) is 5.21. The van der Waals surface area contributed by atoms with E-state index >= 15 is 0 Å². The zero-order chi connectivity index (χ0) is 24.8. The van der Waals surface area contributed by atoms with Crippen LogP contribution in [0.5, 0.6) is 17.2 Å². The van der Waals surface area contributed by atoms with Gasteiger partial charge < -0.3 is 24.4 Å². The van der Waals surface area contributed by atoms with Gasteiger partial charge in [0.15, 0.2) is 11.5 Å². The number of pyridine rings is 1. The van der Waals surface area contributed by atoms with Gasteiger partial charge in [0.2, 0.25) is 5.75 Å². The summed E-state index contributed by atoms with van der Waals surface area (Å²) in [6.45, 7) is 7.48. The lowest BCUT2D eigenvalue weighted by molar-refractivity contribution is 0.0988. The molecule has 182 valence electrons. The van der Waals surface area contributed by atoms with Crippen LogP contribution in [0.15, 0.2) is 54.9 Å². The molecule has 2 aromatic carbocycles. The zero-order valence-electron chi connectivity index (χ0n) is 20.2. The van der Waals surface area contributed by atoms with Crippen LogP contribution in [0, 0.1) is 0 Å². The summed E-state index contributed by atoms with van der Waals surface area (Å²) < 4.78 is 17.2. The van der Waals surface area contributed by atoms with Gasteiger partial charge in [-0.2, -0.15) is 0 Å². The van der Waals surface area contributed by atoms with Gasteiger partial charge >= 0.3 is 0 Å². The van der Waals surface area contributed by atoms with Crippen molar-refractivity contribution in [2.45, 2.75) is 27.2 Å². The van der Waals surface area contributed by atoms with Crippen LogP contribution in [0.4, 0.5) is 11.4 Å². The molecule has 2 heterocycles. The number of fused-ring (bicyclic) bond motifs is 1. The normalized spacial score (nSPS) is 12.1. The molecular formula is C27H29N3O5. The Hall–Kier alpha value is -4.07. The van der Waals surface area contributed by atoms with Crippen LogP contribution in [0.25, 0.3) is 0 Å². The van der Waals surface area contributed by atoms with Gasteiger partial charge in [-0.05, 0) is 69.2 Å². The monoisotopic (exact) mass is 475 g/mol. The van der Waals surface area contributed by atoms with Crippen LogP contribution >= 0.6 is 0 Å². The van der Waals surface area contributed by atoms with E-state index < -0.39 is 0 Å². The second-order valence-corrected chi connectivity index (χ2v) is 7.84. The van der Waals surface area contributed by atoms with Gasteiger partial charge in [0.1, 0.15) is 0 Å². The number of hydrogen-bond donors (Lipinski definition) is 1. The van der Waals surface area contributed by atoms with Gasteiger partial charge in [-0.15, -0.1) is 0 Å². The minimum Gasteiger partial charge on any atom is -0.490 e. The second-order valence-electron chi connectivity index (χ2n) is 7.84. The Labute approximate surface area is 204 Å². The molecule has 2 amide bonds. The van der Waals surface area contributed by atoms with Gasteiger partial charge in [-0.3, -0.25) is 14.6 Å². The lowest BCUT2D eigenvalue weighted by atomic mass is 10.1. The average molecular weight is 476 g/mol. The molecule has 1 aliphatic rings. The van der Waals surface area contributed by atoms with Crippen molar-refractivity contribution in [1.29, 1.82) is 0 Å². The Balaban J connectivity index is 1.60. The number of benzene rings is 2. The number of aromatic nitrogens is 1. The molecule has 0 atom stereocenters. The number of carbonyl (C=O) groups is 2. The topological polar surface area (TPSA) is 90.0 Å². The Kier molecular flexibility index (Phi) is 7.50. The molecule has 0 radical (unpaired) electrons. The van der Waals surface area contributed by atoms with Crippen molar-refractivity contribution in [3.05, 3.63) is 71.5 Å². The number of ether oxygens (including phenoxy) is 3. The van der Waals surface area contributed by atoms with Crippen molar-refractivity contribution in [2.24, 2.45) is 0 Å². The van der Waals surface area contributed by atoms with E-state index in [1.165, 1.54) is 0 Å². The number of rotatable bonds is 9. The molecule has 0 saturated carbocycles. The molecule has 1 aliphatic heterocycles. The van der Waals surface area contributed by atoms with Crippen molar-refractivity contribution in [2.75, 3.05) is 36.6 Å². The Morgan fingerprint density at radius 1 is 0.886 bits per heavy atom. The number of nitrogens with zero attached hydrogens (tertiary/aromatic N) is 2. The summed E-state index contributed by atoms with van der Waals surface area (Å²) in [4.78, 5) is 31.9. The molecule has 35 heavy (non-hydrogen) atoms. The first-order valence-electron chi connectivity index (χ1n) is 11.8. The summed E-state index contributed by atoms with van der Waals surface area (Å²) in [6, 6.07) is 12.3. The maximum absolute atomic E-state index is 13.2. The van der Waals surface area contributed by atoms with Gasteiger partial charge in [-0.25, -0.2) is 0 Å². The van der Waals surface area contributed by atoms with Crippen molar-refractivity contribution >= 4 is 23.2 Å². The molecule has 1 aromatic heterocycles. The van der Waals surface area contributed by atoms with E-state index in [1.807, 2.05) is 39.0 Å². The lowest BCUT2D eigenvalue weighted by Gasteiger charge is -2.19. The number of hydrogen-bond acceptors (Lipinski definition) is 6. The van der Waals surface area contributed by atoms with E-state index in [4.69, 9.17) is 14.2 Å². The fourth-order valence-corrected chi connectivity index (χ4v) is 4.04. The largest absolute Gasteiger partial charge is 0.490 e. The van der Waals surface area contributed by atoms with Crippen molar-refractivity contribution in [3.63, 3.8) is 0 Å². The van der Waals surface area contributed by atoms with E-state index in [0.717, 1.165) is 17.7 Å². The highest BCUT2D eigenvalue weighted by Crippen LogP contribution is 2.39. The predicted molar refractivity (Wildman–Crippen MR) is 134 cm³/mol. The van der Waals surface area contributed by atoms with Crippen LogP contribution in [-0.4, -0.2) is 43.2 Å². The highest BCUT2D eigenvalue weighted by molar-refractivity contribution is 6.08.